The third kappa shape index (κ3) is 6.33. The van der Waals surface area contributed by atoms with Gasteiger partial charge in [0, 0.05) is 35.6 Å². The molecule has 0 unspecified atom stereocenters. The Morgan fingerprint density at radius 2 is 2.00 bits per heavy atom. The molecule has 1 aliphatic heterocycles. The van der Waals surface area contributed by atoms with Gasteiger partial charge in [-0.3, -0.25) is 9.59 Å². The Morgan fingerprint density at radius 3 is 2.67 bits per heavy atom. The molecule has 6 nitrogen and oxygen atoms in total. The van der Waals surface area contributed by atoms with Gasteiger partial charge >= 0.3 is 6.18 Å². The molecule has 1 aromatic carbocycles. The highest BCUT2D eigenvalue weighted by Crippen LogP contribution is 2.41. The van der Waals surface area contributed by atoms with Crippen molar-refractivity contribution in [3.8, 4) is 0 Å². The lowest BCUT2D eigenvalue weighted by Gasteiger charge is -2.38. The number of alkyl halides is 3. The summed E-state index contributed by atoms with van der Waals surface area (Å²) in [4.78, 5) is 32.7. The number of benzene rings is 1. The number of hydrogen-bond acceptors (Lipinski definition) is 6. The van der Waals surface area contributed by atoms with E-state index < -0.39 is 23.2 Å². The largest absolute Gasteiger partial charge is 0.416 e. The van der Waals surface area contributed by atoms with Gasteiger partial charge in [0.05, 0.1) is 12.1 Å². The SMILES string of the molecule is CCc1cnc(C2(O)CCC(N3CC[C@@H](CC(=O)CNC(=O)c4cccc(C(F)(F)F)c4)C3)CC2)s1. The van der Waals surface area contributed by atoms with Crippen LogP contribution in [0.4, 0.5) is 13.2 Å². The van der Waals surface area contributed by atoms with Crippen LogP contribution in [0.5, 0.6) is 0 Å². The molecule has 2 aliphatic rings. The molecule has 1 saturated heterocycles. The maximum absolute atomic E-state index is 12.9. The van der Waals surface area contributed by atoms with E-state index in [4.69, 9.17) is 0 Å². The molecule has 0 spiro atoms. The number of rotatable bonds is 8. The summed E-state index contributed by atoms with van der Waals surface area (Å²) in [7, 11) is 0. The van der Waals surface area contributed by atoms with Crippen LogP contribution in [0.25, 0.3) is 0 Å². The van der Waals surface area contributed by atoms with Crippen LogP contribution in [-0.2, 0) is 23.0 Å². The smallest absolute Gasteiger partial charge is 0.383 e. The summed E-state index contributed by atoms with van der Waals surface area (Å²) >= 11 is 1.59. The van der Waals surface area contributed by atoms with Crippen LogP contribution < -0.4 is 5.32 Å². The molecule has 2 fully saturated rings. The lowest BCUT2D eigenvalue weighted by atomic mass is 9.82. The number of carbonyl (C=O) groups is 2. The average molecular weight is 524 g/mol. The molecule has 1 aliphatic carbocycles. The van der Waals surface area contributed by atoms with Gasteiger partial charge in [0.2, 0.25) is 0 Å². The van der Waals surface area contributed by atoms with E-state index >= 15 is 0 Å². The summed E-state index contributed by atoms with van der Waals surface area (Å²) in [5.41, 5.74) is -1.86. The van der Waals surface area contributed by atoms with Crippen molar-refractivity contribution in [2.24, 2.45) is 5.92 Å². The first-order valence-corrected chi connectivity index (χ1v) is 13.3. The molecule has 10 heteroatoms. The molecule has 1 saturated carbocycles. The number of likely N-dealkylation sites (tertiary alicyclic amines) is 1. The summed E-state index contributed by atoms with van der Waals surface area (Å²) in [5.74, 6) is -0.631. The number of aryl methyl sites for hydroxylation is 1. The number of thiazole rings is 1. The number of nitrogens with zero attached hydrogens (tertiary/aromatic N) is 2. The Morgan fingerprint density at radius 1 is 1.25 bits per heavy atom. The fourth-order valence-corrected chi connectivity index (χ4v) is 6.22. The minimum atomic E-state index is -4.53. The maximum Gasteiger partial charge on any atom is 0.416 e. The number of carbonyl (C=O) groups excluding carboxylic acids is 2. The molecular weight excluding hydrogens is 491 g/mol. The second-order valence-corrected chi connectivity index (χ2v) is 11.0. The zero-order valence-corrected chi connectivity index (χ0v) is 21.1. The van der Waals surface area contributed by atoms with Crippen molar-refractivity contribution < 1.29 is 27.9 Å². The summed E-state index contributed by atoms with van der Waals surface area (Å²) in [5, 5.41) is 14.4. The Balaban J connectivity index is 1.21. The van der Waals surface area contributed by atoms with Gasteiger partial charge in [-0.1, -0.05) is 13.0 Å². The van der Waals surface area contributed by atoms with Crippen molar-refractivity contribution >= 4 is 23.0 Å². The molecule has 36 heavy (non-hydrogen) atoms. The van der Waals surface area contributed by atoms with Crippen LogP contribution in [0.3, 0.4) is 0 Å². The molecule has 1 atom stereocenters. The van der Waals surface area contributed by atoms with Crippen LogP contribution in [-0.4, -0.2) is 52.4 Å². The van der Waals surface area contributed by atoms with Crippen molar-refractivity contribution in [2.75, 3.05) is 19.6 Å². The first-order chi connectivity index (χ1) is 17.1. The zero-order chi connectivity index (χ0) is 25.9. The van der Waals surface area contributed by atoms with Gasteiger partial charge in [-0.2, -0.15) is 13.2 Å². The highest BCUT2D eigenvalue weighted by molar-refractivity contribution is 7.11. The number of ketones is 1. The second-order valence-electron chi connectivity index (χ2n) is 9.90. The molecule has 2 heterocycles. The normalized spacial score (nSPS) is 25.1. The standard InChI is InChI=1S/C26H32F3N3O3S/c1-2-22-15-31-24(36-22)25(35)9-6-20(7-10-25)32-11-8-17(16-32)12-21(33)14-30-23(34)18-4-3-5-19(13-18)26(27,28)29/h3-5,13,15,17,20,35H,2,6-12,14,16H2,1H3,(H,30,34)/t17-,20?,25?/m0/s1. The van der Waals surface area contributed by atoms with Gasteiger partial charge < -0.3 is 15.3 Å². The van der Waals surface area contributed by atoms with Gasteiger partial charge in [-0.05, 0) is 69.2 Å². The van der Waals surface area contributed by atoms with E-state index in [-0.39, 0.29) is 23.8 Å². The quantitative estimate of drug-likeness (QED) is 0.530. The minimum Gasteiger partial charge on any atom is -0.383 e. The lowest BCUT2D eigenvalue weighted by molar-refractivity contribution is -0.137. The number of nitrogens with one attached hydrogen (secondary N) is 1. The predicted octanol–water partition coefficient (Wildman–Crippen LogP) is 4.57. The van der Waals surface area contributed by atoms with E-state index in [1.54, 1.807) is 11.3 Å². The predicted molar refractivity (Wildman–Crippen MR) is 131 cm³/mol. The van der Waals surface area contributed by atoms with Gasteiger partial charge in [0.15, 0.2) is 5.78 Å². The molecule has 2 aromatic rings. The number of Topliss-reactive ketones (excluding diaryl/α,β-unsaturated/α-hetero) is 1. The number of aliphatic hydroxyl groups is 1. The van der Waals surface area contributed by atoms with Crippen molar-refractivity contribution in [3.63, 3.8) is 0 Å². The number of amides is 1. The van der Waals surface area contributed by atoms with Crippen LogP contribution in [0.15, 0.2) is 30.5 Å². The first-order valence-electron chi connectivity index (χ1n) is 12.5. The molecule has 1 amide bonds. The number of aromatic nitrogens is 1. The number of halogens is 3. The van der Waals surface area contributed by atoms with Crippen molar-refractivity contribution in [3.05, 3.63) is 51.5 Å². The van der Waals surface area contributed by atoms with E-state index in [9.17, 15) is 27.9 Å². The highest BCUT2D eigenvalue weighted by Gasteiger charge is 2.40. The first kappa shape index (κ1) is 26.8. The van der Waals surface area contributed by atoms with Crippen molar-refractivity contribution in [1.29, 1.82) is 0 Å². The fourth-order valence-electron chi connectivity index (χ4n) is 5.22. The monoisotopic (exact) mass is 523 g/mol. The van der Waals surface area contributed by atoms with Crippen molar-refractivity contribution in [2.45, 2.75) is 69.7 Å². The summed E-state index contributed by atoms with van der Waals surface area (Å²) in [6.45, 7) is 3.58. The fraction of sp³-hybridized carbons (Fsp3) is 0.577. The van der Waals surface area contributed by atoms with Gasteiger partial charge in [0.25, 0.3) is 5.91 Å². The molecule has 0 radical (unpaired) electrons. The Kier molecular flexibility index (Phi) is 8.16. The average Bonchev–Trinajstić information content (AvgIpc) is 3.53. The van der Waals surface area contributed by atoms with Gasteiger partial charge in [-0.15, -0.1) is 11.3 Å². The van der Waals surface area contributed by atoms with E-state index in [0.29, 0.717) is 25.3 Å². The van der Waals surface area contributed by atoms with Gasteiger partial charge in [-0.25, -0.2) is 4.98 Å². The summed E-state index contributed by atoms with van der Waals surface area (Å²) in [6.07, 6.45) is 2.57. The Labute approximate surface area is 212 Å². The summed E-state index contributed by atoms with van der Waals surface area (Å²) in [6, 6.07) is 4.54. The maximum atomic E-state index is 12.9. The minimum absolute atomic E-state index is 0.120. The zero-order valence-electron chi connectivity index (χ0n) is 20.3. The highest BCUT2D eigenvalue weighted by atomic mass is 32.1. The molecule has 0 bridgehead atoms. The Bertz CT molecular complexity index is 1080. The van der Waals surface area contributed by atoms with E-state index in [1.165, 1.54) is 17.0 Å². The Hall–Kier alpha value is -2.30. The molecule has 2 N–H and O–H groups in total. The van der Waals surface area contributed by atoms with E-state index in [2.05, 4.69) is 22.1 Å². The molecule has 1 aromatic heterocycles. The third-order valence-corrected chi connectivity index (χ3v) is 8.67. The number of hydrogen-bond donors (Lipinski definition) is 2. The van der Waals surface area contributed by atoms with Crippen LogP contribution in [0.1, 0.15) is 71.3 Å². The van der Waals surface area contributed by atoms with E-state index in [1.807, 2.05) is 6.20 Å². The molecular formula is C26H32F3N3O3S. The third-order valence-electron chi connectivity index (χ3n) is 7.33. The lowest BCUT2D eigenvalue weighted by Crippen LogP contribution is -2.41. The molecule has 196 valence electrons. The van der Waals surface area contributed by atoms with Gasteiger partial charge in [0.1, 0.15) is 10.6 Å². The topological polar surface area (TPSA) is 82.5 Å². The van der Waals surface area contributed by atoms with Crippen molar-refractivity contribution in [1.82, 2.24) is 15.2 Å². The second kappa shape index (κ2) is 11.0. The van der Waals surface area contributed by atoms with Crippen LogP contribution in [0.2, 0.25) is 0 Å². The summed E-state index contributed by atoms with van der Waals surface area (Å²) < 4.78 is 38.6. The molecule has 4 rings (SSSR count). The van der Waals surface area contributed by atoms with Crippen LogP contribution in [0, 0.1) is 5.92 Å². The van der Waals surface area contributed by atoms with Crippen LogP contribution >= 0.6 is 11.3 Å². The van der Waals surface area contributed by atoms with E-state index in [0.717, 1.165) is 55.9 Å².